The highest BCUT2D eigenvalue weighted by Gasteiger charge is 2.23. The number of hydrogen-bond acceptors (Lipinski definition) is 2. The van der Waals surface area contributed by atoms with Crippen molar-refractivity contribution < 1.29 is 0 Å². The van der Waals surface area contributed by atoms with Crippen molar-refractivity contribution in [1.82, 2.24) is 4.90 Å². The number of nitrogens with zero attached hydrogens (tertiary/aromatic N) is 1. The van der Waals surface area contributed by atoms with Crippen molar-refractivity contribution in [2.24, 2.45) is 11.7 Å². The number of nitrogens with two attached hydrogens (primary N) is 1. The van der Waals surface area contributed by atoms with Crippen LogP contribution in [-0.4, -0.2) is 24.5 Å². The Morgan fingerprint density at radius 1 is 1.39 bits per heavy atom. The molecule has 0 aliphatic carbocycles. The summed E-state index contributed by atoms with van der Waals surface area (Å²) in [6.45, 7) is 5.22. The maximum Gasteiger partial charge on any atom is 0.0595 e. The van der Waals surface area contributed by atoms with Crippen molar-refractivity contribution in [2.75, 3.05) is 19.6 Å². The molecule has 0 aromatic heterocycles. The summed E-state index contributed by atoms with van der Waals surface area (Å²) in [6.07, 6.45) is 2.48. The first-order valence-corrected chi connectivity index (χ1v) is 7.26. The number of halogens is 2. The lowest BCUT2D eigenvalue weighted by molar-refractivity contribution is 0.134. The van der Waals surface area contributed by atoms with E-state index in [-0.39, 0.29) is 0 Å². The predicted octanol–water partition coefficient (Wildman–Crippen LogP) is 3.73. The van der Waals surface area contributed by atoms with Gasteiger partial charge in [-0.2, -0.15) is 0 Å². The van der Waals surface area contributed by atoms with Gasteiger partial charge >= 0.3 is 0 Å². The Morgan fingerprint density at radius 3 is 2.83 bits per heavy atom. The van der Waals surface area contributed by atoms with Crippen LogP contribution in [0.15, 0.2) is 18.2 Å². The Balaban J connectivity index is 2.10. The fourth-order valence-corrected chi connectivity index (χ4v) is 2.93. The number of benzene rings is 1. The molecule has 1 aromatic carbocycles. The molecule has 1 saturated heterocycles. The van der Waals surface area contributed by atoms with Crippen LogP contribution in [0.4, 0.5) is 0 Å². The molecule has 2 N–H and O–H groups in total. The highest BCUT2D eigenvalue weighted by Crippen LogP contribution is 2.30. The Bertz CT molecular complexity index is 409. The number of likely N-dealkylation sites (tertiary alicyclic amines) is 1. The molecule has 0 saturated carbocycles. The first-order valence-electron chi connectivity index (χ1n) is 6.51. The minimum atomic E-state index is 0.370. The monoisotopic (exact) mass is 286 g/mol. The lowest BCUT2D eigenvalue weighted by atomic mass is 9.95. The molecule has 2 unspecified atom stereocenters. The number of hydrogen-bond donors (Lipinski definition) is 1. The third kappa shape index (κ3) is 3.18. The van der Waals surface area contributed by atoms with Crippen molar-refractivity contribution in [3.63, 3.8) is 0 Å². The minimum absolute atomic E-state index is 0.370. The second-order valence-corrected chi connectivity index (χ2v) is 5.90. The van der Waals surface area contributed by atoms with Crippen molar-refractivity contribution >= 4 is 23.2 Å². The molecule has 1 aliphatic rings. The summed E-state index contributed by atoms with van der Waals surface area (Å²) in [5.41, 5.74) is 7.01. The molecule has 0 amide bonds. The first kappa shape index (κ1) is 14.1. The van der Waals surface area contributed by atoms with Gasteiger partial charge in [0.25, 0.3) is 0 Å². The molecule has 0 bridgehead atoms. The Labute approximate surface area is 119 Å². The molecule has 4 heteroatoms. The molecule has 1 aliphatic heterocycles. The van der Waals surface area contributed by atoms with E-state index < -0.39 is 0 Å². The summed E-state index contributed by atoms with van der Waals surface area (Å²) in [5.74, 6) is 0.629. The van der Waals surface area contributed by atoms with Gasteiger partial charge in [0.05, 0.1) is 10.0 Å². The van der Waals surface area contributed by atoms with E-state index in [1.165, 1.54) is 18.4 Å². The smallest absolute Gasteiger partial charge is 0.0595 e. The SMILES string of the molecule is CC(c1ccc(Cl)c(Cl)c1)N1CCCC(CN)C1. The molecular formula is C14H20Cl2N2. The average molecular weight is 287 g/mol. The molecule has 1 aromatic rings. The highest BCUT2D eigenvalue weighted by molar-refractivity contribution is 6.42. The summed E-state index contributed by atoms with van der Waals surface area (Å²) in [4.78, 5) is 2.49. The molecule has 2 atom stereocenters. The van der Waals surface area contributed by atoms with Crippen LogP contribution in [0.1, 0.15) is 31.4 Å². The topological polar surface area (TPSA) is 29.3 Å². The number of rotatable bonds is 3. The average Bonchev–Trinajstić information content (AvgIpc) is 2.41. The van der Waals surface area contributed by atoms with Gasteiger partial charge in [0.15, 0.2) is 0 Å². The van der Waals surface area contributed by atoms with Crippen molar-refractivity contribution in [3.8, 4) is 0 Å². The van der Waals surface area contributed by atoms with E-state index in [1.54, 1.807) is 0 Å². The Kier molecular flexibility index (Phi) is 4.91. The number of piperidine rings is 1. The first-order chi connectivity index (χ1) is 8.61. The van der Waals surface area contributed by atoms with Crippen LogP contribution >= 0.6 is 23.2 Å². The third-order valence-corrected chi connectivity index (χ3v) is 4.60. The zero-order chi connectivity index (χ0) is 13.1. The molecule has 2 rings (SSSR count). The lowest BCUT2D eigenvalue weighted by Crippen LogP contribution is -2.39. The van der Waals surface area contributed by atoms with Crippen molar-refractivity contribution in [3.05, 3.63) is 33.8 Å². The molecule has 1 fully saturated rings. The zero-order valence-corrected chi connectivity index (χ0v) is 12.2. The van der Waals surface area contributed by atoms with E-state index >= 15 is 0 Å². The Morgan fingerprint density at radius 2 is 2.17 bits per heavy atom. The standard InChI is InChI=1S/C14H20Cl2N2/c1-10(12-4-5-13(15)14(16)7-12)18-6-2-3-11(8-17)9-18/h4-5,7,10-11H,2-3,6,8-9,17H2,1H3. The molecule has 0 radical (unpaired) electrons. The molecule has 2 nitrogen and oxygen atoms in total. The zero-order valence-electron chi connectivity index (χ0n) is 10.7. The quantitative estimate of drug-likeness (QED) is 0.918. The lowest BCUT2D eigenvalue weighted by Gasteiger charge is -2.36. The maximum absolute atomic E-state index is 6.08. The summed E-state index contributed by atoms with van der Waals surface area (Å²) in [6, 6.07) is 6.28. The van der Waals surface area contributed by atoms with Crippen LogP contribution in [0.25, 0.3) is 0 Å². The fourth-order valence-electron chi connectivity index (χ4n) is 2.62. The highest BCUT2D eigenvalue weighted by atomic mass is 35.5. The van der Waals surface area contributed by atoms with Gasteiger partial charge < -0.3 is 5.73 Å². The molecule has 100 valence electrons. The van der Waals surface area contributed by atoms with Crippen LogP contribution in [-0.2, 0) is 0 Å². The van der Waals surface area contributed by atoms with Gasteiger partial charge in [0.1, 0.15) is 0 Å². The predicted molar refractivity (Wildman–Crippen MR) is 78.2 cm³/mol. The van der Waals surface area contributed by atoms with Gasteiger partial charge in [-0.1, -0.05) is 29.3 Å². The van der Waals surface area contributed by atoms with Crippen LogP contribution in [0, 0.1) is 5.92 Å². The molecule has 18 heavy (non-hydrogen) atoms. The van der Waals surface area contributed by atoms with Crippen LogP contribution in [0.5, 0.6) is 0 Å². The van der Waals surface area contributed by atoms with E-state index in [0.29, 0.717) is 22.0 Å². The maximum atomic E-state index is 6.08. The van der Waals surface area contributed by atoms with Gasteiger partial charge in [0, 0.05) is 12.6 Å². The second kappa shape index (κ2) is 6.25. The normalized spacial score (nSPS) is 23.0. The van der Waals surface area contributed by atoms with E-state index in [4.69, 9.17) is 28.9 Å². The Hall–Kier alpha value is -0.280. The largest absolute Gasteiger partial charge is 0.330 e. The second-order valence-electron chi connectivity index (χ2n) is 5.09. The van der Waals surface area contributed by atoms with E-state index in [2.05, 4.69) is 17.9 Å². The van der Waals surface area contributed by atoms with Crippen LogP contribution < -0.4 is 5.73 Å². The fraction of sp³-hybridized carbons (Fsp3) is 0.571. The van der Waals surface area contributed by atoms with Gasteiger partial charge in [-0.15, -0.1) is 0 Å². The van der Waals surface area contributed by atoms with Gasteiger partial charge in [-0.3, -0.25) is 4.90 Å². The van der Waals surface area contributed by atoms with Crippen LogP contribution in [0.3, 0.4) is 0 Å². The summed E-state index contributed by atoms with van der Waals surface area (Å²) < 4.78 is 0. The van der Waals surface area contributed by atoms with E-state index in [9.17, 15) is 0 Å². The molecule has 0 spiro atoms. The summed E-state index contributed by atoms with van der Waals surface area (Å²) in [5, 5.41) is 1.25. The molecule has 1 heterocycles. The minimum Gasteiger partial charge on any atom is -0.330 e. The van der Waals surface area contributed by atoms with Crippen molar-refractivity contribution in [1.29, 1.82) is 0 Å². The third-order valence-electron chi connectivity index (χ3n) is 3.86. The van der Waals surface area contributed by atoms with Crippen LogP contribution in [0.2, 0.25) is 10.0 Å². The van der Waals surface area contributed by atoms with Crippen molar-refractivity contribution in [2.45, 2.75) is 25.8 Å². The van der Waals surface area contributed by atoms with E-state index in [0.717, 1.165) is 19.6 Å². The van der Waals surface area contributed by atoms with Gasteiger partial charge in [-0.25, -0.2) is 0 Å². The summed E-state index contributed by atoms with van der Waals surface area (Å²) in [7, 11) is 0. The van der Waals surface area contributed by atoms with Gasteiger partial charge in [-0.05, 0) is 56.5 Å². The summed E-state index contributed by atoms with van der Waals surface area (Å²) >= 11 is 12.0. The van der Waals surface area contributed by atoms with E-state index in [1.807, 2.05) is 12.1 Å². The molecular weight excluding hydrogens is 267 g/mol. The van der Waals surface area contributed by atoms with Gasteiger partial charge in [0.2, 0.25) is 0 Å².